The van der Waals surface area contributed by atoms with E-state index in [0.29, 0.717) is 16.4 Å². The molecule has 0 bridgehead atoms. The van der Waals surface area contributed by atoms with Crippen molar-refractivity contribution in [1.29, 1.82) is 5.41 Å². The van der Waals surface area contributed by atoms with E-state index in [1.807, 2.05) is 43.3 Å². The second-order valence-corrected chi connectivity index (χ2v) is 8.04. The predicted octanol–water partition coefficient (Wildman–Crippen LogP) is 5.26. The average molecular weight is 383 g/mol. The van der Waals surface area contributed by atoms with Gasteiger partial charge in [-0.05, 0) is 73.6 Å². The van der Waals surface area contributed by atoms with Crippen molar-refractivity contribution in [2.75, 3.05) is 5.73 Å². The topological polar surface area (TPSA) is 76.2 Å². The van der Waals surface area contributed by atoms with E-state index < -0.39 is 11.5 Å². The molecule has 2 fully saturated rings. The number of nitrogens with one attached hydrogen (secondary N) is 1. The molecule has 2 aromatic carbocycles. The fourth-order valence-electron chi connectivity index (χ4n) is 4.40. The Bertz CT molecular complexity index is 932. The second kappa shape index (κ2) is 6.68. The summed E-state index contributed by atoms with van der Waals surface area (Å²) in [5.41, 5.74) is 9.76. The molecule has 140 valence electrons. The van der Waals surface area contributed by atoms with Crippen molar-refractivity contribution in [2.24, 2.45) is 0 Å². The third kappa shape index (κ3) is 3.02. The van der Waals surface area contributed by atoms with Crippen LogP contribution in [0.25, 0.3) is 11.1 Å². The molecule has 2 aliphatic rings. The van der Waals surface area contributed by atoms with Crippen molar-refractivity contribution < 1.29 is 9.53 Å². The largest absolute Gasteiger partial charge is 0.452 e. The maximum absolute atomic E-state index is 12.7. The predicted molar refractivity (Wildman–Crippen MR) is 108 cm³/mol. The molecule has 27 heavy (non-hydrogen) atoms. The number of anilines is 1. The van der Waals surface area contributed by atoms with E-state index in [1.165, 1.54) is 0 Å². The van der Waals surface area contributed by atoms with Crippen molar-refractivity contribution in [3.63, 3.8) is 0 Å². The first-order valence-electron chi connectivity index (χ1n) is 9.39. The quantitative estimate of drug-likeness (QED) is 0.549. The molecule has 1 spiro atoms. The summed E-state index contributed by atoms with van der Waals surface area (Å²) in [5, 5.41) is 9.27. The molecule has 4 rings (SSSR count). The maximum atomic E-state index is 12.7. The fourth-order valence-corrected chi connectivity index (χ4v) is 4.68. The normalized spacial score (nSPS) is 21.5. The van der Waals surface area contributed by atoms with Crippen LogP contribution in [-0.4, -0.2) is 17.3 Å². The van der Waals surface area contributed by atoms with E-state index in [0.717, 1.165) is 54.4 Å². The van der Waals surface area contributed by atoms with Gasteiger partial charge in [0.05, 0.1) is 5.71 Å². The Morgan fingerprint density at radius 3 is 2.63 bits per heavy atom. The van der Waals surface area contributed by atoms with Crippen LogP contribution in [0.1, 0.15) is 49.1 Å². The van der Waals surface area contributed by atoms with E-state index in [9.17, 15) is 4.79 Å². The lowest BCUT2D eigenvalue weighted by Gasteiger charge is -2.31. The van der Waals surface area contributed by atoms with Gasteiger partial charge in [-0.25, -0.2) is 0 Å². The van der Waals surface area contributed by atoms with E-state index in [1.54, 1.807) is 0 Å². The Morgan fingerprint density at radius 1 is 1.19 bits per heavy atom. The van der Waals surface area contributed by atoms with Crippen molar-refractivity contribution in [3.05, 3.63) is 52.5 Å². The molecule has 1 aliphatic carbocycles. The van der Waals surface area contributed by atoms with Gasteiger partial charge in [-0.2, -0.15) is 0 Å². The monoisotopic (exact) mass is 382 g/mol. The van der Waals surface area contributed by atoms with Crippen LogP contribution < -0.4 is 5.73 Å². The highest BCUT2D eigenvalue weighted by molar-refractivity contribution is 6.33. The molecule has 0 radical (unpaired) electrons. The number of carbonyl (C=O) groups excluding carboxylic acids is 1. The van der Waals surface area contributed by atoms with Crippen LogP contribution in [-0.2, 0) is 9.53 Å². The molecule has 1 aliphatic heterocycles. The average Bonchev–Trinajstić information content (AvgIpc) is 2.87. The van der Waals surface area contributed by atoms with Crippen LogP contribution >= 0.6 is 11.6 Å². The summed E-state index contributed by atoms with van der Waals surface area (Å²) in [4.78, 5) is 12.7. The summed E-state index contributed by atoms with van der Waals surface area (Å²) >= 11 is 6.58. The summed E-state index contributed by atoms with van der Waals surface area (Å²) in [6.07, 6.45) is 4.63. The van der Waals surface area contributed by atoms with Gasteiger partial charge in [0.25, 0.3) is 0 Å². The van der Waals surface area contributed by atoms with Crippen LogP contribution in [0, 0.1) is 12.3 Å². The van der Waals surface area contributed by atoms with Gasteiger partial charge in [0, 0.05) is 16.3 Å². The third-order valence-electron chi connectivity index (χ3n) is 5.84. The molecule has 3 N–H and O–H groups in total. The summed E-state index contributed by atoms with van der Waals surface area (Å²) in [5.74, 6) is -0.978. The van der Waals surface area contributed by atoms with Gasteiger partial charge in [0.15, 0.2) is 5.60 Å². The minimum atomic E-state index is -0.703. The first-order valence-corrected chi connectivity index (χ1v) is 9.77. The molecule has 1 saturated heterocycles. The number of carbonyl (C=O) groups is 1. The molecule has 1 heterocycles. The maximum Gasteiger partial charge on any atom is 0.320 e. The molecule has 0 amide bonds. The molecule has 2 aromatic rings. The first kappa shape index (κ1) is 18.1. The molecule has 1 atom stereocenters. The molecule has 0 aromatic heterocycles. The van der Waals surface area contributed by atoms with E-state index in [-0.39, 0.29) is 5.97 Å². The lowest BCUT2D eigenvalue weighted by atomic mass is 9.77. The minimum Gasteiger partial charge on any atom is -0.452 e. The number of hydrogen-bond donors (Lipinski definition) is 2. The molecule has 1 saturated carbocycles. The van der Waals surface area contributed by atoms with Crippen LogP contribution in [0.4, 0.5) is 5.69 Å². The number of ether oxygens (including phenoxy) is 1. The van der Waals surface area contributed by atoms with E-state index >= 15 is 0 Å². The molecule has 4 nitrogen and oxygen atoms in total. The lowest BCUT2D eigenvalue weighted by Crippen LogP contribution is -2.38. The third-order valence-corrected chi connectivity index (χ3v) is 6.15. The van der Waals surface area contributed by atoms with Crippen molar-refractivity contribution in [2.45, 2.75) is 50.5 Å². The Kier molecular flexibility index (Phi) is 4.47. The van der Waals surface area contributed by atoms with Gasteiger partial charge < -0.3 is 15.9 Å². The number of nitrogen functional groups attached to an aromatic ring is 1. The number of aryl methyl sites for hydroxylation is 1. The standard InChI is InChI=1S/C22H23ClN2O2/c1-13-10-17(14-6-5-7-15(24)11-14)18(23)12-16(13)19-20(25)22(27-21(19)26)8-3-2-4-9-22/h5-7,10-12,19,25H,2-4,8-9,24H2,1H3. The number of esters is 1. The zero-order valence-corrected chi connectivity index (χ0v) is 16.1. The smallest absolute Gasteiger partial charge is 0.320 e. The number of halogens is 1. The summed E-state index contributed by atoms with van der Waals surface area (Å²) in [7, 11) is 0. The Balaban J connectivity index is 1.73. The SMILES string of the molecule is Cc1cc(-c2cccc(N)c2)c(Cl)cc1C1C(=N)C2(CCCCC2)OC1=O. The van der Waals surface area contributed by atoms with Crippen molar-refractivity contribution in [3.8, 4) is 11.1 Å². The zero-order chi connectivity index (χ0) is 19.2. The molecule has 1 unspecified atom stereocenters. The van der Waals surface area contributed by atoms with Gasteiger partial charge in [-0.15, -0.1) is 0 Å². The minimum absolute atomic E-state index is 0.322. The number of nitrogens with two attached hydrogens (primary N) is 1. The summed E-state index contributed by atoms with van der Waals surface area (Å²) in [6, 6.07) is 11.3. The highest BCUT2D eigenvalue weighted by Gasteiger charge is 2.53. The van der Waals surface area contributed by atoms with Gasteiger partial charge in [0.1, 0.15) is 5.92 Å². The van der Waals surface area contributed by atoms with E-state index in [2.05, 4.69) is 0 Å². The Labute approximate surface area is 164 Å². The van der Waals surface area contributed by atoms with Gasteiger partial charge in [0.2, 0.25) is 0 Å². The summed E-state index contributed by atoms with van der Waals surface area (Å²) in [6.45, 7) is 1.95. The number of rotatable bonds is 2. The van der Waals surface area contributed by atoms with Crippen LogP contribution in [0.2, 0.25) is 5.02 Å². The second-order valence-electron chi connectivity index (χ2n) is 7.64. The summed E-state index contributed by atoms with van der Waals surface area (Å²) < 4.78 is 5.77. The van der Waals surface area contributed by atoms with Crippen LogP contribution in [0.15, 0.2) is 36.4 Å². The molecular formula is C22H23ClN2O2. The van der Waals surface area contributed by atoms with Crippen LogP contribution in [0.3, 0.4) is 0 Å². The van der Waals surface area contributed by atoms with Crippen LogP contribution in [0.5, 0.6) is 0 Å². The molecule has 5 heteroatoms. The number of hydrogen-bond acceptors (Lipinski definition) is 4. The fraction of sp³-hybridized carbons (Fsp3) is 0.364. The van der Waals surface area contributed by atoms with Crippen molar-refractivity contribution >= 4 is 29.0 Å². The van der Waals surface area contributed by atoms with Gasteiger partial charge in [-0.1, -0.05) is 30.2 Å². The molecular weight excluding hydrogens is 360 g/mol. The van der Waals surface area contributed by atoms with E-state index in [4.69, 9.17) is 27.5 Å². The first-order chi connectivity index (χ1) is 12.9. The Hall–Kier alpha value is -2.33. The van der Waals surface area contributed by atoms with Gasteiger partial charge in [-0.3, -0.25) is 4.79 Å². The Morgan fingerprint density at radius 2 is 1.93 bits per heavy atom. The van der Waals surface area contributed by atoms with Gasteiger partial charge >= 0.3 is 5.97 Å². The highest BCUT2D eigenvalue weighted by atomic mass is 35.5. The lowest BCUT2D eigenvalue weighted by molar-refractivity contribution is -0.149. The highest BCUT2D eigenvalue weighted by Crippen LogP contribution is 2.45. The zero-order valence-electron chi connectivity index (χ0n) is 15.3. The van der Waals surface area contributed by atoms with Crippen molar-refractivity contribution in [1.82, 2.24) is 0 Å². The number of benzene rings is 2.